The van der Waals surface area contributed by atoms with Gasteiger partial charge in [0.15, 0.2) is 0 Å². The van der Waals surface area contributed by atoms with Crippen LogP contribution in [0.4, 0.5) is 4.39 Å². The predicted molar refractivity (Wildman–Crippen MR) is 69.5 cm³/mol. The highest BCUT2D eigenvalue weighted by atomic mass is 79.9. The molecule has 1 aromatic carbocycles. The molecule has 0 aliphatic rings. The lowest BCUT2D eigenvalue weighted by Crippen LogP contribution is -2.12. The molecule has 1 heterocycles. The van der Waals surface area contributed by atoms with Crippen LogP contribution >= 0.6 is 38.9 Å². The fourth-order valence-corrected chi connectivity index (χ4v) is 3.30. The summed E-state index contributed by atoms with van der Waals surface area (Å²) in [7, 11) is 0. The van der Waals surface area contributed by atoms with Gasteiger partial charge in [-0.15, -0.1) is 0 Å². The van der Waals surface area contributed by atoms with E-state index < -0.39 is 0 Å². The third-order valence-corrected chi connectivity index (χ3v) is 4.35. The van der Waals surface area contributed by atoms with Gasteiger partial charge in [-0.1, -0.05) is 17.7 Å². The van der Waals surface area contributed by atoms with Gasteiger partial charge in [0.1, 0.15) is 5.82 Å². The van der Waals surface area contributed by atoms with Gasteiger partial charge in [0.05, 0.1) is 6.04 Å². The fourth-order valence-electron chi connectivity index (χ4n) is 1.43. The van der Waals surface area contributed by atoms with Crippen LogP contribution in [-0.4, -0.2) is 0 Å². The molecule has 0 saturated heterocycles. The summed E-state index contributed by atoms with van der Waals surface area (Å²) < 4.78 is 13.8. The van der Waals surface area contributed by atoms with Gasteiger partial charge in [0.25, 0.3) is 0 Å². The highest BCUT2D eigenvalue weighted by molar-refractivity contribution is 9.10. The molecule has 1 aromatic heterocycles. The monoisotopic (exact) mass is 319 g/mol. The highest BCUT2D eigenvalue weighted by Crippen LogP contribution is 2.33. The zero-order valence-electron chi connectivity index (χ0n) is 8.08. The van der Waals surface area contributed by atoms with Gasteiger partial charge in [0, 0.05) is 14.9 Å². The maximum atomic E-state index is 12.9. The molecule has 2 aromatic rings. The Kier molecular flexibility index (Phi) is 3.64. The van der Waals surface area contributed by atoms with E-state index in [-0.39, 0.29) is 11.9 Å². The number of hydrogen-bond acceptors (Lipinski definition) is 2. The van der Waals surface area contributed by atoms with Crippen LogP contribution in [0.15, 0.2) is 33.4 Å². The van der Waals surface area contributed by atoms with Gasteiger partial charge in [-0.2, -0.15) is 11.3 Å². The molecule has 0 radical (unpaired) electrons. The van der Waals surface area contributed by atoms with Crippen molar-refractivity contribution >= 4 is 38.9 Å². The molecule has 0 bridgehead atoms. The lowest BCUT2D eigenvalue weighted by molar-refractivity contribution is 0.626. The first kappa shape index (κ1) is 12.0. The van der Waals surface area contributed by atoms with Crippen molar-refractivity contribution in [1.29, 1.82) is 0 Å². The Morgan fingerprint density at radius 3 is 2.62 bits per heavy atom. The largest absolute Gasteiger partial charge is 0.320 e. The average Bonchev–Trinajstić information content (AvgIpc) is 2.63. The molecule has 0 spiro atoms. The summed E-state index contributed by atoms with van der Waals surface area (Å²) in [5, 5.41) is 4.26. The molecule has 84 valence electrons. The minimum absolute atomic E-state index is 0.339. The Morgan fingerprint density at radius 2 is 2.06 bits per heavy atom. The van der Waals surface area contributed by atoms with Gasteiger partial charge in [0.2, 0.25) is 0 Å². The van der Waals surface area contributed by atoms with Crippen molar-refractivity contribution < 1.29 is 4.39 Å². The third kappa shape index (κ3) is 2.30. The number of nitrogens with two attached hydrogens (primary N) is 1. The van der Waals surface area contributed by atoms with Crippen LogP contribution in [-0.2, 0) is 0 Å². The molecule has 0 amide bonds. The average molecular weight is 321 g/mol. The summed E-state index contributed by atoms with van der Waals surface area (Å²) >= 11 is 10.9. The maximum absolute atomic E-state index is 12.9. The predicted octanol–water partition coefficient (Wildman–Crippen LogP) is 4.35. The Labute approximate surface area is 110 Å². The zero-order valence-corrected chi connectivity index (χ0v) is 11.2. The Bertz CT molecular complexity index is 514. The molecule has 0 fully saturated rings. The van der Waals surface area contributed by atoms with Crippen molar-refractivity contribution in [3.63, 3.8) is 0 Å². The van der Waals surface area contributed by atoms with E-state index in [2.05, 4.69) is 15.9 Å². The standard InChI is InChI=1S/C11H8BrClFNS/c12-9-5-16-4-8(9)11(15)7-2-1-6(14)3-10(7)13/h1-5,11H,15H2. The van der Waals surface area contributed by atoms with Crippen LogP contribution in [0.5, 0.6) is 0 Å². The van der Waals surface area contributed by atoms with Gasteiger partial charge in [-0.25, -0.2) is 4.39 Å². The quantitative estimate of drug-likeness (QED) is 0.874. The van der Waals surface area contributed by atoms with Crippen molar-refractivity contribution in [3.05, 3.63) is 55.4 Å². The minimum Gasteiger partial charge on any atom is -0.320 e. The number of benzene rings is 1. The fraction of sp³-hybridized carbons (Fsp3) is 0.0909. The van der Waals surface area contributed by atoms with E-state index in [1.54, 1.807) is 17.4 Å². The number of rotatable bonds is 2. The highest BCUT2D eigenvalue weighted by Gasteiger charge is 2.16. The van der Waals surface area contributed by atoms with Crippen LogP contribution in [0.2, 0.25) is 5.02 Å². The lowest BCUT2D eigenvalue weighted by Gasteiger charge is -2.13. The van der Waals surface area contributed by atoms with E-state index in [4.69, 9.17) is 17.3 Å². The molecule has 0 saturated carbocycles. The molecule has 1 nitrogen and oxygen atoms in total. The van der Waals surface area contributed by atoms with Crippen LogP contribution in [0.1, 0.15) is 17.2 Å². The van der Waals surface area contributed by atoms with Gasteiger partial charge >= 0.3 is 0 Å². The topological polar surface area (TPSA) is 26.0 Å². The van der Waals surface area contributed by atoms with Crippen molar-refractivity contribution in [1.82, 2.24) is 0 Å². The molecule has 0 aliphatic heterocycles. The molecule has 5 heteroatoms. The molecule has 0 aliphatic carbocycles. The van der Waals surface area contributed by atoms with E-state index >= 15 is 0 Å². The number of halogens is 3. The Morgan fingerprint density at radius 1 is 1.31 bits per heavy atom. The molecular weight excluding hydrogens is 313 g/mol. The minimum atomic E-state index is -0.356. The second kappa shape index (κ2) is 4.84. The van der Waals surface area contributed by atoms with Crippen LogP contribution in [0, 0.1) is 5.82 Å². The smallest absolute Gasteiger partial charge is 0.124 e. The lowest BCUT2D eigenvalue weighted by atomic mass is 10.0. The summed E-state index contributed by atoms with van der Waals surface area (Å²) in [5.74, 6) is -0.356. The summed E-state index contributed by atoms with van der Waals surface area (Å²) in [5.41, 5.74) is 7.76. The van der Waals surface area contributed by atoms with E-state index in [1.807, 2.05) is 10.8 Å². The van der Waals surface area contributed by atoms with E-state index in [1.165, 1.54) is 12.1 Å². The molecule has 1 atom stereocenters. The first-order valence-corrected chi connectivity index (χ1v) is 6.63. The van der Waals surface area contributed by atoms with E-state index in [0.717, 1.165) is 15.6 Å². The molecular formula is C11H8BrClFNS. The zero-order chi connectivity index (χ0) is 11.7. The summed E-state index contributed by atoms with van der Waals surface area (Å²) in [6.45, 7) is 0. The van der Waals surface area contributed by atoms with Crippen LogP contribution in [0.25, 0.3) is 0 Å². The summed E-state index contributed by atoms with van der Waals surface area (Å²) in [4.78, 5) is 0. The van der Waals surface area contributed by atoms with Crippen LogP contribution in [0.3, 0.4) is 0 Å². The van der Waals surface area contributed by atoms with Gasteiger partial charge in [-0.05, 0) is 44.6 Å². The Hall–Kier alpha value is -0.420. The third-order valence-electron chi connectivity index (χ3n) is 2.27. The second-order valence-corrected chi connectivity index (χ2v) is 5.32. The summed E-state index contributed by atoms with van der Waals surface area (Å²) in [6, 6.07) is 3.92. The summed E-state index contributed by atoms with van der Waals surface area (Å²) in [6.07, 6.45) is 0. The van der Waals surface area contributed by atoms with E-state index in [0.29, 0.717) is 5.02 Å². The van der Waals surface area contributed by atoms with Crippen LogP contribution < -0.4 is 5.73 Å². The molecule has 2 N–H and O–H groups in total. The van der Waals surface area contributed by atoms with Crippen molar-refractivity contribution in [3.8, 4) is 0 Å². The first-order chi connectivity index (χ1) is 7.59. The second-order valence-electron chi connectivity index (χ2n) is 3.32. The van der Waals surface area contributed by atoms with E-state index in [9.17, 15) is 4.39 Å². The maximum Gasteiger partial charge on any atom is 0.124 e. The number of thiophene rings is 1. The van der Waals surface area contributed by atoms with Crippen molar-refractivity contribution in [2.75, 3.05) is 0 Å². The van der Waals surface area contributed by atoms with Crippen molar-refractivity contribution in [2.45, 2.75) is 6.04 Å². The molecule has 2 rings (SSSR count). The normalized spacial score (nSPS) is 12.8. The first-order valence-electron chi connectivity index (χ1n) is 4.51. The Balaban J connectivity index is 2.41. The van der Waals surface area contributed by atoms with Crippen molar-refractivity contribution in [2.24, 2.45) is 5.73 Å². The van der Waals surface area contributed by atoms with Gasteiger partial charge < -0.3 is 5.73 Å². The van der Waals surface area contributed by atoms with Gasteiger partial charge in [-0.3, -0.25) is 0 Å². The molecule has 16 heavy (non-hydrogen) atoms. The number of hydrogen-bond donors (Lipinski definition) is 1. The molecule has 1 unspecified atom stereocenters. The SMILES string of the molecule is NC(c1ccc(F)cc1Cl)c1cscc1Br.